The normalized spacial score (nSPS) is 10.8. The highest BCUT2D eigenvalue weighted by Gasteiger charge is 2.23. The Morgan fingerprint density at radius 2 is 2.00 bits per heavy atom. The molecular formula is C19H17ClN2O3. The van der Waals surface area contributed by atoms with E-state index in [1.54, 1.807) is 25.1 Å². The maximum Gasteiger partial charge on any atom is 0.338 e. The van der Waals surface area contributed by atoms with Crippen LogP contribution in [0.5, 0.6) is 0 Å². The number of rotatable bonds is 4. The minimum absolute atomic E-state index is 0.209. The Hall–Kier alpha value is -2.79. The highest BCUT2D eigenvalue weighted by Crippen LogP contribution is 2.33. The summed E-state index contributed by atoms with van der Waals surface area (Å²) >= 11 is 6.09. The van der Waals surface area contributed by atoms with Gasteiger partial charge in [0.15, 0.2) is 0 Å². The summed E-state index contributed by atoms with van der Waals surface area (Å²) in [7, 11) is 0. The molecule has 5 nitrogen and oxygen atoms in total. The minimum atomic E-state index is -0.532. The fourth-order valence-electron chi connectivity index (χ4n) is 2.80. The number of ether oxygens (including phenoxy) is 1. The number of nitrogen functional groups attached to an aromatic ring is 1. The van der Waals surface area contributed by atoms with Crippen LogP contribution in [0, 0.1) is 6.92 Å². The summed E-state index contributed by atoms with van der Waals surface area (Å²) in [6, 6.07) is 10.3. The predicted octanol–water partition coefficient (Wildman–Crippen LogP) is 4.12. The third-order valence-electron chi connectivity index (χ3n) is 3.90. The van der Waals surface area contributed by atoms with Crippen molar-refractivity contribution < 1.29 is 14.3 Å². The standard InChI is InChI=1S/C19H17ClN2O3/c1-3-25-19(24)13-8-12(20)9-14-15(13)16(21)17(22-14)18(23)11-6-4-5-10(2)7-11/h4-9,22H,3,21H2,1-2H3. The van der Waals surface area contributed by atoms with Crippen molar-refractivity contribution >= 4 is 39.9 Å². The van der Waals surface area contributed by atoms with Gasteiger partial charge in [-0.1, -0.05) is 35.4 Å². The van der Waals surface area contributed by atoms with E-state index in [4.69, 9.17) is 22.1 Å². The number of hydrogen-bond donors (Lipinski definition) is 2. The molecule has 128 valence electrons. The number of esters is 1. The summed E-state index contributed by atoms with van der Waals surface area (Å²) in [5.74, 6) is -0.779. The zero-order valence-electron chi connectivity index (χ0n) is 13.9. The summed E-state index contributed by atoms with van der Waals surface area (Å²) in [4.78, 5) is 28.0. The lowest BCUT2D eigenvalue weighted by Gasteiger charge is -2.05. The summed E-state index contributed by atoms with van der Waals surface area (Å²) in [6.45, 7) is 3.85. The highest BCUT2D eigenvalue weighted by molar-refractivity contribution is 6.32. The molecule has 0 aliphatic rings. The minimum Gasteiger partial charge on any atom is -0.462 e. The number of nitrogens with one attached hydrogen (secondary N) is 1. The van der Waals surface area contributed by atoms with Gasteiger partial charge in [0.2, 0.25) is 5.78 Å². The fraction of sp³-hybridized carbons (Fsp3) is 0.158. The van der Waals surface area contributed by atoms with Gasteiger partial charge in [-0.05, 0) is 32.0 Å². The van der Waals surface area contributed by atoms with Gasteiger partial charge in [0.1, 0.15) is 5.69 Å². The third kappa shape index (κ3) is 3.10. The Kier molecular flexibility index (Phi) is 4.51. The van der Waals surface area contributed by atoms with Crippen LogP contribution in [0.1, 0.15) is 38.9 Å². The van der Waals surface area contributed by atoms with Crippen molar-refractivity contribution in [1.82, 2.24) is 4.98 Å². The topological polar surface area (TPSA) is 85.2 Å². The molecule has 3 aromatic rings. The van der Waals surface area contributed by atoms with Crippen LogP contribution >= 0.6 is 11.6 Å². The van der Waals surface area contributed by atoms with Crippen LogP contribution in [0.25, 0.3) is 10.9 Å². The number of halogens is 1. The number of H-pyrrole nitrogens is 1. The van der Waals surface area contributed by atoms with E-state index in [1.165, 1.54) is 6.07 Å². The van der Waals surface area contributed by atoms with Gasteiger partial charge in [0.05, 0.1) is 23.4 Å². The van der Waals surface area contributed by atoms with E-state index in [9.17, 15) is 9.59 Å². The Bertz CT molecular complexity index is 992. The Labute approximate surface area is 149 Å². The lowest BCUT2D eigenvalue weighted by molar-refractivity contribution is 0.0528. The largest absolute Gasteiger partial charge is 0.462 e. The molecule has 0 spiro atoms. The fourth-order valence-corrected chi connectivity index (χ4v) is 3.02. The first kappa shape index (κ1) is 17.0. The molecule has 1 aromatic heterocycles. The van der Waals surface area contributed by atoms with E-state index in [-0.39, 0.29) is 29.3 Å². The van der Waals surface area contributed by atoms with Crippen LogP contribution < -0.4 is 5.73 Å². The number of fused-ring (bicyclic) bond motifs is 1. The number of aromatic nitrogens is 1. The first-order valence-electron chi connectivity index (χ1n) is 7.81. The summed E-state index contributed by atoms with van der Waals surface area (Å²) in [6.07, 6.45) is 0. The third-order valence-corrected chi connectivity index (χ3v) is 4.12. The number of anilines is 1. The van der Waals surface area contributed by atoms with Crippen LogP contribution in [-0.4, -0.2) is 23.3 Å². The van der Waals surface area contributed by atoms with Crippen LogP contribution in [0.2, 0.25) is 5.02 Å². The highest BCUT2D eigenvalue weighted by atomic mass is 35.5. The van der Waals surface area contributed by atoms with Crippen LogP contribution in [0.15, 0.2) is 36.4 Å². The first-order valence-corrected chi connectivity index (χ1v) is 8.19. The average Bonchev–Trinajstić information content (AvgIpc) is 2.90. The lowest BCUT2D eigenvalue weighted by Crippen LogP contribution is -2.07. The second-order valence-electron chi connectivity index (χ2n) is 5.71. The molecule has 0 saturated carbocycles. The molecule has 3 rings (SSSR count). The van der Waals surface area contributed by atoms with Crippen molar-refractivity contribution in [1.29, 1.82) is 0 Å². The van der Waals surface area contributed by atoms with Crippen molar-refractivity contribution in [2.24, 2.45) is 0 Å². The van der Waals surface area contributed by atoms with Crippen molar-refractivity contribution in [2.45, 2.75) is 13.8 Å². The number of nitrogens with two attached hydrogens (primary N) is 1. The molecule has 2 aromatic carbocycles. The molecule has 0 unspecified atom stereocenters. The predicted molar refractivity (Wildman–Crippen MR) is 98.3 cm³/mol. The van der Waals surface area contributed by atoms with Gasteiger partial charge in [0, 0.05) is 16.0 Å². The number of benzene rings is 2. The lowest BCUT2D eigenvalue weighted by atomic mass is 10.0. The second-order valence-corrected chi connectivity index (χ2v) is 6.15. The first-order chi connectivity index (χ1) is 11.9. The number of aryl methyl sites for hydroxylation is 1. The molecule has 0 saturated heterocycles. The van der Waals surface area contributed by atoms with Gasteiger partial charge >= 0.3 is 5.97 Å². The smallest absolute Gasteiger partial charge is 0.338 e. The van der Waals surface area contributed by atoms with Crippen LogP contribution in [0.3, 0.4) is 0 Å². The molecular weight excluding hydrogens is 340 g/mol. The molecule has 0 radical (unpaired) electrons. The zero-order valence-corrected chi connectivity index (χ0v) is 14.6. The van der Waals surface area contributed by atoms with Crippen molar-refractivity contribution in [3.05, 3.63) is 63.8 Å². The summed E-state index contributed by atoms with van der Waals surface area (Å²) in [5, 5.41) is 0.796. The van der Waals surface area contributed by atoms with Gasteiger partial charge in [-0.15, -0.1) is 0 Å². The maximum atomic E-state index is 12.8. The van der Waals surface area contributed by atoms with Gasteiger partial charge in [-0.25, -0.2) is 4.79 Å². The second kappa shape index (κ2) is 6.61. The molecule has 6 heteroatoms. The van der Waals surface area contributed by atoms with Gasteiger partial charge in [-0.2, -0.15) is 0 Å². The number of aromatic amines is 1. The van der Waals surface area contributed by atoms with Crippen molar-refractivity contribution in [3.8, 4) is 0 Å². The number of carbonyl (C=O) groups is 2. The number of hydrogen-bond acceptors (Lipinski definition) is 4. The van der Waals surface area contributed by atoms with Crippen molar-refractivity contribution in [2.75, 3.05) is 12.3 Å². The van der Waals surface area contributed by atoms with Gasteiger partial charge < -0.3 is 15.5 Å². The molecule has 1 heterocycles. The number of carbonyl (C=O) groups excluding carboxylic acids is 2. The van der Waals surface area contributed by atoms with Crippen LogP contribution in [-0.2, 0) is 4.74 Å². The molecule has 0 aliphatic carbocycles. The van der Waals surface area contributed by atoms with Crippen molar-refractivity contribution in [3.63, 3.8) is 0 Å². The average molecular weight is 357 g/mol. The molecule has 0 atom stereocenters. The van der Waals surface area contributed by atoms with Gasteiger partial charge in [0.25, 0.3) is 0 Å². The van der Waals surface area contributed by atoms with E-state index < -0.39 is 5.97 Å². The van der Waals surface area contributed by atoms with E-state index >= 15 is 0 Å². The quantitative estimate of drug-likeness (QED) is 0.544. The van der Waals surface area contributed by atoms with Gasteiger partial charge in [-0.3, -0.25) is 4.79 Å². The van der Waals surface area contributed by atoms with Crippen LogP contribution in [0.4, 0.5) is 5.69 Å². The summed E-state index contributed by atoms with van der Waals surface area (Å²) in [5.41, 5.74) is 8.88. The Morgan fingerprint density at radius 3 is 2.68 bits per heavy atom. The SMILES string of the molecule is CCOC(=O)c1cc(Cl)cc2[nH]c(C(=O)c3cccc(C)c3)c(N)c12. The maximum absolute atomic E-state index is 12.8. The number of ketones is 1. The van der Waals surface area contributed by atoms with E-state index in [2.05, 4.69) is 4.98 Å². The summed E-state index contributed by atoms with van der Waals surface area (Å²) < 4.78 is 5.06. The molecule has 0 fully saturated rings. The molecule has 3 N–H and O–H groups in total. The van der Waals surface area contributed by atoms with E-state index in [0.29, 0.717) is 21.5 Å². The Morgan fingerprint density at radius 1 is 1.24 bits per heavy atom. The van der Waals surface area contributed by atoms with E-state index in [1.807, 2.05) is 19.1 Å². The Balaban J connectivity index is 2.18. The molecule has 25 heavy (non-hydrogen) atoms. The van der Waals surface area contributed by atoms with E-state index in [0.717, 1.165) is 5.56 Å². The molecule has 0 aliphatic heterocycles. The molecule has 0 amide bonds. The monoisotopic (exact) mass is 356 g/mol. The zero-order chi connectivity index (χ0) is 18.1. The molecule has 0 bridgehead atoms.